The van der Waals surface area contributed by atoms with Crippen LogP contribution in [0.3, 0.4) is 0 Å². The molecule has 0 radical (unpaired) electrons. The standard InChI is InChI=1S/2C29H31F2N9O3/c2*1-29(8-4-10-37(2)17-29)18-39-15-20(13-33-39)42-19-6-7-24(43-28(30)31)21(12-19)25-23(16-38(3)36-25)35-27(41)22-14-34-40-11-5-9-32-26(22)40/h2*5-7,9,11-16,28H,4,8,10,17-18H2,1-3H3,(H,35,41). The van der Waals surface area contributed by atoms with Crippen LogP contribution in [0.15, 0.2) is 123 Å². The second-order valence-electron chi connectivity index (χ2n) is 22.3. The number of aryl methyl sites for hydroxylation is 2. The zero-order valence-electron chi connectivity index (χ0n) is 47.9. The molecule has 2 amide bonds. The van der Waals surface area contributed by atoms with E-state index in [1.165, 1.54) is 55.1 Å². The minimum absolute atomic E-state index is 0.0942. The maximum atomic E-state index is 13.4. The van der Waals surface area contributed by atoms with E-state index in [9.17, 15) is 27.2 Å². The monoisotopic (exact) mass is 1180 g/mol. The lowest BCUT2D eigenvalue weighted by Gasteiger charge is -2.38. The Labute approximate surface area is 489 Å². The average molecular weight is 1180 g/mol. The van der Waals surface area contributed by atoms with Gasteiger partial charge in [0.25, 0.3) is 11.8 Å². The van der Waals surface area contributed by atoms with Gasteiger partial charge in [-0.1, -0.05) is 13.8 Å². The highest BCUT2D eigenvalue weighted by molar-refractivity contribution is 6.10. The summed E-state index contributed by atoms with van der Waals surface area (Å²) in [5.41, 5.74) is 2.79. The van der Waals surface area contributed by atoms with Gasteiger partial charge in [-0.05, 0) is 112 Å². The van der Waals surface area contributed by atoms with Crippen molar-refractivity contribution in [1.82, 2.24) is 78.1 Å². The van der Waals surface area contributed by atoms with Crippen LogP contribution in [0.2, 0.25) is 0 Å². The summed E-state index contributed by atoms with van der Waals surface area (Å²) in [5, 5.41) is 31.8. The molecule has 12 rings (SSSR count). The number of carbonyl (C=O) groups is 2. The second kappa shape index (κ2) is 24.5. The minimum Gasteiger partial charge on any atom is -0.454 e. The molecule has 24 nitrogen and oxygen atoms in total. The van der Waals surface area contributed by atoms with Gasteiger partial charge in [0.05, 0.1) is 59.7 Å². The van der Waals surface area contributed by atoms with Crippen LogP contribution >= 0.6 is 0 Å². The lowest BCUT2D eigenvalue weighted by molar-refractivity contribution is -0.0501. The third-order valence-corrected chi connectivity index (χ3v) is 14.8. The molecule has 2 atom stereocenters. The van der Waals surface area contributed by atoms with E-state index in [1.807, 2.05) is 21.8 Å². The van der Waals surface area contributed by atoms with Crippen molar-refractivity contribution < 1.29 is 46.1 Å². The van der Waals surface area contributed by atoms with E-state index < -0.39 is 25.0 Å². The molecular weight excluding hydrogens is 1120 g/mol. The fourth-order valence-electron chi connectivity index (χ4n) is 11.3. The number of piperidine rings is 2. The first-order chi connectivity index (χ1) is 41.3. The highest BCUT2D eigenvalue weighted by Crippen LogP contribution is 2.41. The molecule has 2 unspecified atom stereocenters. The van der Waals surface area contributed by atoms with Gasteiger partial charge in [-0.25, -0.2) is 19.0 Å². The number of halogens is 4. The molecule has 86 heavy (non-hydrogen) atoms. The molecule has 2 saturated heterocycles. The number of hydrogen-bond donors (Lipinski definition) is 2. The zero-order valence-corrected chi connectivity index (χ0v) is 47.9. The van der Waals surface area contributed by atoms with Gasteiger partial charge in [0.1, 0.15) is 45.5 Å². The summed E-state index contributed by atoms with van der Waals surface area (Å²) in [4.78, 5) is 39.5. The smallest absolute Gasteiger partial charge is 0.387 e. The van der Waals surface area contributed by atoms with Crippen LogP contribution in [-0.2, 0) is 27.2 Å². The minimum atomic E-state index is -3.07. The molecule has 0 aliphatic carbocycles. The number of benzene rings is 2. The van der Waals surface area contributed by atoms with Crippen LogP contribution in [-0.4, -0.2) is 143 Å². The Bertz CT molecular complexity index is 3790. The van der Waals surface area contributed by atoms with Crippen molar-refractivity contribution in [2.24, 2.45) is 24.9 Å². The van der Waals surface area contributed by atoms with E-state index in [4.69, 9.17) is 18.9 Å². The fraction of sp³-hybridized carbons (Fsp3) is 0.345. The maximum absolute atomic E-state index is 13.4. The molecule has 2 fully saturated rings. The molecule has 2 aliphatic heterocycles. The average Bonchev–Trinajstić information content (AvgIpc) is 2.43. The lowest BCUT2D eigenvalue weighted by atomic mass is 9.82. The van der Waals surface area contributed by atoms with Crippen LogP contribution in [0.4, 0.5) is 28.9 Å². The summed E-state index contributed by atoms with van der Waals surface area (Å²) >= 11 is 0. The number of nitrogens with one attached hydrogen (secondary N) is 2. The fourth-order valence-corrected chi connectivity index (χ4v) is 11.3. The first-order valence-corrected chi connectivity index (χ1v) is 27.5. The van der Waals surface area contributed by atoms with Gasteiger partial charge in [0.15, 0.2) is 22.8 Å². The Morgan fingerprint density at radius 2 is 1.01 bits per heavy atom. The molecule has 0 saturated carbocycles. The predicted octanol–water partition coefficient (Wildman–Crippen LogP) is 9.41. The number of carbonyl (C=O) groups excluding carboxylic acids is 2. The molecular formula is C58H62F4N18O6. The molecule has 2 aromatic carbocycles. The van der Waals surface area contributed by atoms with E-state index in [-0.39, 0.29) is 67.3 Å². The van der Waals surface area contributed by atoms with Gasteiger partial charge >= 0.3 is 13.2 Å². The van der Waals surface area contributed by atoms with E-state index in [2.05, 4.69) is 88.9 Å². The Hall–Kier alpha value is -9.70. The number of rotatable bonds is 18. The summed E-state index contributed by atoms with van der Waals surface area (Å²) in [7, 11) is 7.57. The summed E-state index contributed by atoms with van der Waals surface area (Å²) < 4.78 is 85.0. The predicted molar refractivity (Wildman–Crippen MR) is 307 cm³/mol. The summed E-state index contributed by atoms with van der Waals surface area (Å²) in [6, 6.07) is 12.3. The quantitative estimate of drug-likeness (QED) is 0.0762. The van der Waals surface area contributed by atoms with Crippen LogP contribution < -0.4 is 29.6 Å². The Morgan fingerprint density at radius 3 is 1.42 bits per heavy atom. The molecule has 10 aromatic rings. The number of amides is 2. The van der Waals surface area contributed by atoms with Crippen molar-refractivity contribution >= 4 is 34.5 Å². The largest absolute Gasteiger partial charge is 0.454 e. The summed E-state index contributed by atoms with van der Waals surface area (Å²) in [6.45, 7) is 4.00. The summed E-state index contributed by atoms with van der Waals surface area (Å²) in [5.74, 6) is 0.476. The number of hydrogen-bond acceptors (Lipinski definition) is 16. The summed E-state index contributed by atoms with van der Waals surface area (Å²) in [6.07, 6.45) is 23.8. The number of ether oxygens (including phenoxy) is 4. The Morgan fingerprint density at radius 1 is 0.581 bits per heavy atom. The molecule has 8 aromatic heterocycles. The van der Waals surface area contributed by atoms with E-state index in [0.717, 1.165) is 65.0 Å². The second-order valence-corrected chi connectivity index (χ2v) is 22.3. The first-order valence-electron chi connectivity index (χ1n) is 27.5. The van der Waals surface area contributed by atoms with Crippen LogP contribution in [0.5, 0.6) is 34.5 Å². The topological polar surface area (TPSA) is 233 Å². The maximum Gasteiger partial charge on any atom is 0.387 e. The Balaban J connectivity index is 0.000000179. The van der Waals surface area contributed by atoms with Crippen molar-refractivity contribution in [1.29, 1.82) is 0 Å². The van der Waals surface area contributed by atoms with Crippen molar-refractivity contribution in [2.45, 2.75) is 65.8 Å². The normalized spacial score (nSPS) is 17.4. The molecule has 0 bridgehead atoms. The van der Waals surface area contributed by atoms with E-state index in [0.29, 0.717) is 34.3 Å². The number of alkyl halides is 4. The van der Waals surface area contributed by atoms with Gasteiger partial charge in [-0.2, -0.15) is 48.2 Å². The zero-order chi connectivity index (χ0) is 60.3. The van der Waals surface area contributed by atoms with Gasteiger partial charge in [-0.15, -0.1) is 0 Å². The van der Waals surface area contributed by atoms with Crippen molar-refractivity contribution in [3.05, 3.63) is 134 Å². The number of aromatic nitrogens is 14. The molecule has 2 aliphatic rings. The highest BCUT2D eigenvalue weighted by atomic mass is 19.3. The van der Waals surface area contributed by atoms with Gasteiger partial charge in [0.2, 0.25) is 0 Å². The van der Waals surface area contributed by atoms with Crippen molar-refractivity contribution in [3.63, 3.8) is 0 Å². The van der Waals surface area contributed by atoms with Crippen LogP contribution in [0.25, 0.3) is 33.8 Å². The van der Waals surface area contributed by atoms with Crippen molar-refractivity contribution in [2.75, 3.05) is 50.9 Å². The third kappa shape index (κ3) is 13.4. The molecule has 2 N–H and O–H groups in total. The Kier molecular flexibility index (Phi) is 16.5. The number of likely N-dealkylation sites (tertiary alicyclic amines) is 2. The van der Waals surface area contributed by atoms with Gasteiger partial charge in [-0.3, -0.25) is 28.3 Å². The SMILES string of the molecule is CN1CCCC(C)(Cn2cc(Oc3ccc(OC(F)F)c(-c4nn(C)cc4NC(=O)c4cnn5cccnc45)c3)cn2)C1.CN1CCCC(C)(Cn2cc(Oc3ccc(OC(F)F)c(-c4nn(C)cc4NC(=O)c4cnn5cccnc45)c3)cn2)C1. The number of anilines is 2. The molecule has 0 spiro atoms. The van der Waals surface area contributed by atoms with Crippen LogP contribution in [0, 0.1) is 10.8 Å². The number of fused-ring (bicyclic) bond motifs is 2. The van der Waals surface area contributed by atoms with Crippen molar-refractivity contribution in [3.8, 4) is 57.0 Å². The highest BCUT2D eigenvalue weighted by Gasteiger charge is 2.32. The number of nitrogens with zero attached hydrogens (tertiary/aromatic N) is 16. The van der Waals surface area contributed by atoms with E-state index in [1.54, 1.807) is 87.9 Å². The molecule has 28 heteroatoms. The van der Waals surface area contributed by atoms with E-state index >= 15 is 0 Å². The first kappa shape index (κ1) is 58.1. The molecule has 448 valence electrons. The van der Waals surface area contributed by atoms with Crippen LogP contribution in [0.1, 0.15) is 60.2 Å². The lowest BCUT2D eigenvalue weighted by Crippen LogP contribution is -2.41. The van der Waals surface area contributed by atoms with Gasteiger partial charge in [0, 0.05) is 77.5 Å². The third-order valence-electron chi connectivity index (χ3n) is 14.8. The molecule has 10 heterocycles. The van der Waals surface area contributed by atoms with Gasteiger partial charge < -0.3 is 39.4 Å².